The van der Waals surface area contributed by atoms with Gasteiger partial charge in [-0.25, -0.2) is 0 Å². The van der Waals surface area contributed by atoms with E-state index in [0.717, 1.165) is 21.9 Å². The molecule has 3 aromatic carbocycles. The number of benzene rings is 3. The molecule has 3 aromatic rings. The largest absolute Gasteiger partial charge is 0.352 e. The summed E-state index contributed by atoms with van der Waals surface area (Å²) in [6.07, 6.45) is 1.69. The summed E-state index contributed by atoms with van der Waals surface area (Å²) in [5.74, 6) is -0.462. The fourth-order valence-corrected chi connectivity index (χ4v) is 4.46. The number of carbonyl (C=O) groups excluding carboxylic acids is 2. The van der Waals surface area contributed by atoms with E-state index in [0.29, 0.717) is 16.7 Å². The molecule has 0 unspecified atom stereocenters. The van der Waals surface area contributed by atoms with Crippen LogP contribution in [0.5, 0.6) is 0 Å². The molecule has 1 heterocycles. The van der Waals surface area contributed by atoms with Crippen LogP contribution in [0.15, 0.2) is 76.8 Å². The minimum Gasteiger partial charge on any atom is -0.352 e. The van der Waals surface area contributed by atoms with Crippen molar-refractivity contribution in [2.75, 3.05) is 7.05 Å². The molecular weight excluding hydrogens is 444 g/mol. The minimum atomic E-state index is -0.562. The smallest absolute Gasteiger partial charge is 0.263 e. The van der Waals surface area contributed by atoms with Crippen LogP contribution >= 0.6 is 23.4 Å². The predicted molar refractivity (Wildman–Crippen MR) is 131 cm³/mol. The first kappa shape index (κ1) is 22.0. The van der Waals surface area contributed by atoms with Crippen molar-refractivity contribution in [3.8, 4) is 0 Å². The van der Waals surface area contributed by atoms with Crippen molar-refractivity contribution < 1.29 is 9.59 Å². The molecule has 0 aliphatic carbocycles. The summed E-state index contributed by atoms with van der Waals surface area (Å²) in [5.41, 5.74) is 1.81. The Balaban J connectivity index is 1.39. The molecule has 0 saturated carbocycles. The van der Waals surface area contributed by atoms with Crippen molar-refractivity contribution in [2.24, 2.45) is 10.1 Å². The third-order valence-corrected chi connectivity index (χ3v) is 6.44. The molecule has 0 bridgehead atoms. The van der Waals surface area contributed by atoms with Gasteiger partial charge in [-0.1, -0.05) is 71.9 Å². The van der Waals surface area contributed by atoms with Crippen molar-refractivity contribution in [3.05, 3.63) is 82.9 Å². The van der Waals surface area contributed by atoms with Gasteiger partial charge in [0.15, 0.2) is 5.17 Å². The number of aliphatic imine (C=N–C) groups is 1. The zero-order valence-corrected chi connectivity index (χ0v) is 18.9. The number of thioether (sulfide) groups is 1. The lowest BCUT2D eigenvalue weighted by Gasteiger charge is -2.10. The molecule has 1 saturated heterocycles. The fourth-order valence-electron chi connectivity index (χ4n) is 3.30. The summed E-state index contributed by atoms with van der Waals surface area (Å²) in [7, 11) is 1.61. The van der Waals surface area contributed by atoms with Crippen LogP contribution in [0.3, 0.4) is 0 Å². The van der Waals surface area contributed by atoms with Crippen LogP contribution in [0.1, 0.15) is 17.5 Å². The first-order valence-corrected chi connectivity index (χ1v) is 11.3. The standard InChI is InChI=1S/C24H21ClN4O2S/c1-26-24-29(28-15-17-6-9-18-4-2-3-5-19(18)12-17)23(31)21(32-24)13-22(30)27-14-16-7-10-20(25)11-8-16/h2-12,15,21H,13-14H2,1H3,(H,27,30)/b26-24?,28-15-/t21-/m1/s1. The van der Waals surface area contributed by atoms with Gasteiger partial charge in [0.05, 0.1) is 6.21 Å². The highest BCUT2D eigenvalue weighted by atomic mass is 35.5. The molecule has 1 N–H and O–H groups in total. The van der Waals surface area contributed by atoms with E-state index in [9.17, 15) is 9.59 Å². The third kappa shape index (κ3) is 5.18. The zero-order valence-electron chi connectivity index (χ0n) is 17.4. The van der Waals surface area contributed by atoms with Crippen LogP contribution in [0.25, 0.3) is 10.8 Å². The number of amides is 2. The monoisotopic (exact) mass is 464 g/mol. The van der Waals surface area contributed by atoms with Gasteiger partial charge in [0.1, 0.15) is 5.25 Å². The molecule has 2 amide bonds. The maximum atomic E-state index is 12.9. The van der Waals surface area contributed by atoms with Gasteiger partial charge in [-0.2, -0.15) is 10.1 Å². The Bertz CT molecular complexity index is 1210. The second kappa shape index (κ2) is 9.97. The number of carbonyl (C=O) groups is 2. The molecule has 0 spiro atoms. The number of hydrogen-bond donors (Lipinski definition) is 1. The van der Waals surface area contributed by atoms with Crippen molar-refractivity contribution in [1.29, 1.82) is 0 Å². The average Bonchev–Trinajstić information content (AvgIpc) is 3.11. The minimum absolute atomic E-state index is 0.0537. The van der Waals surface area contributed by atoms with Gasteiger partial charge >= 0.3 is 0 Å². The lowest BCUT2D eigenvalue weighted by molar-refractivity contribution is -0.129. The number of amidine groups is 1. The van der Waals surface area contributed by atoms with Crippen LogP contribution in [0.4, 0.5) is 0 Å². The molecule has 4 rings (SSSR count). The summed E-state index contributed by atoms with van der Waals surface area (Å²) in [6.45, 7) is 0.375. The highest BCUT2D eigenvalue weighted by molar-refractivity contribution is 8.15. The van der Waals surface area contributed by atoms with E-state index >= 15 is 0 Å². The third-order valence-electron chi connectivity index (χ3n) is 4.97. The van der Waals surface area contributed by atoms with Gasteiger partial charge in [-0.3, -0.25) is 14.6 Å². The number of rotatable bonds is 6. The first-order chi connectivity index (χ1) is 15.5. The van der Waals surface area contributed by atoms with Crippen molar-refractivity contribution in [3.63, 3.8) is 0 Å². The number of fused-ring (bicyclic) bond motifs is 1. The molecular formula is C24H21ClN4O2S. The zero-order chi connectivity index (χ0) is 22.5. The van der Waals surface area contributed by atoms with Crippen LogP contribution < -0.4 is 5.32 Å². The molecule has 0 aromatic heterocycles. The van der Waals surface area contributed by atoms with E-state index < -0.39 is 5.25 Å². The molecule has 162 valence electrons. The lowest BCUT2D eigenvalue weighted by Crippen LogP contribution is -2.32. The van der Waals surface area contributed by atoms with Crippen LogP contribution in [0, 0.1) is 0 Å². The SMILES string of the molecule is CN=C1S[C@H](CC(=O)NCc2ccc(Cl)cc2)C(=O)N1/N=C\c1ccc2ccccc2c1. The van der Waals surface area contributed by atoms with Crippen LogP contribution in [-0.2, 0) is 16.1 Å². The van der Waals surface area contributed by atoms with Crippen molar-refractivity contribution in [2.45, 2.75) is 18.2 Å². The van der Waals surface area contributed by atoms with Gasteiger partial charge in [-0.15, -0.1) is 0 Å². The molecule has 1 fully saturated rings. The summed E-state index contributed by atoms with van der Waals surface area (Å²) < 4.78 is 0. The van der Waals surface area contributed by atoms with Crippen molar-refractivity contribution in [1.82, 2.24) is 10.3 Å². The summed E-state index contributed by atoms with van der Waals surface area (Å²) in [4.78, 5) is 29.4. The Hall–Kier alpha value is -3.16. The number of nitrogens with one attached hydrogen (secondary N) is 1. The van der Waals surface area contributed by atoms with E-state index in [1.165, 1.54) is 16.8 Å². The molecule has 8 heteroatoms. The van der Waals surface area contributed by atoms with E-state index in [2.05, 4.69) is 15.4 Å². The normalized spacial score (nSPS) is 17.6. The second-order valence-corrected chi connectivity index (χ2v) is 8.83. The first-order valence-electron chi connectivity index (χ1n) is 10.0. The maximum Gasteiger partial charge on any atom is 0.263 e. The van der Waals surface area contributed by atoms with Crippen molar-refractivity contribution >= 4 is 57.3 Å². The summed E-state index contributed by atoms with van der Waals surface area (Å²) >= 11 is 7.13. The lowest BCUT2D eigenvalue weighted by atomic mass is 10.1. The molecule has 6 nitrogen and oxygen atoms in total. The van der Waals surface area contributed by atoms with Gasteiger partial charge < -0.3 is 5.32 Å². The van der Waals surface area contributed by atoms with Gasteiger partial charge in [0.25, 0.3) is 5.91 Å². The highest BCUT2D eigenvalue weighted by Crippen LogP contribution is 2.29. The number of hydrazone groups is 1. The molecule has 1 aliphatic rings. The average molecular weight is 465 g/mol. The van der Waals surface area contributed by atoms with Crippen LogP contribution in [0.2, 0.25) is 5.02 Å². The Morgan fingerprint density at radius 1 is 1.12 bits per heavy atom. The fraction of sp³-hybridized carbons (Fsp3) is 0.167. The Kier molecular flexibility index (Phi) is 6.87. The van der Waals surface area contributed by atoms with E-state index in [1.807, 2.05) is 54.6 Å². The van der Waals surface area contributed by atoms with Crippen LogP contribution in [-0.4, -0.2) is 40.5 Å². The Morgan fingerprint density at radius 2 is 1.88 bits per heavy atom. The van der Waals surface area contributed by atoms with Gasteiger partial charge in [-0.05, 0) is 40.1 Å². The predicted octanol–water partition coefficient (Wildman–Crippen LogP) is 4.46. The summed E-state index contributed by atoms with van der Waals surface area (Å²) in [6, 6.07) is 21.3. The van der Waals surface area contributed by atoms with Gasteiger partial charge in [0.2, 0.25) is 5.91 Å². The van der Waals surface area contributed by atoms with E-state index in [-0.39, 0.29) is 18.2 Å². The quantitative estimate of drug-likeness (QED) is 0.547. The topological polar surface area (TPSA) is 74.1 Å². The Morgan fingerprint density at radius 3 is 2.62 bits per heavy atom. The maximum absolute atomic E-state index is 12.9. The van der Waals surface area contributed by atoms with E-state index in [4.69, 9.17) is 11.6 Å². The molecule has 32 heavy (non-hydrogen) atoms. The number of halogens is 1. The Labute approximate surface area is 195 Å². The molecule has 0 radical (unpaired) electrons. The number of hydrogen-bond acceptors (Lipinski definition) is 5. The second-order valence-electron chi connectivity index (χ2n) is 7.22. The van der Waals surface area contributed by atoms with E-state index in [1.54, 1.807) is 25.4 Å². The number of nitrogens with zero attached hydrogens (tertiary/aromatic N) is 3. The molecule has 1 aliphatic heterocycles. The van der Waals surface area contributed by atoms with Gasteiger partial charge in [0, 0.05) is 25.0 Å². The molecule has 1 atom stereocenters. The summed E-state index contributed by atoms with van der Waals surface area (Å²) in [5, 5.41) is 11.3. The highest BCUT2D eigenvalue weighted by Gasteiger charge is 2.39.